The van der Waals surface area contributed by atoms with Crippen molar-refractivity contribution in [3.63, 3.8) is 0 Å². The molecule has 19 heavy (non-hydrogen) atoms. The summed E-state index contributed by atoms with van der Waals surface area (Å²) < 4.78 is 5.96. The van der Waals surface area contributed by atoms with Gasteiger partial charge in [0, 0.05) is 6.61 Å². The van der Waals surface area contributed by atoms with Gasteiger partial charge in [-0.05, 0) is 48.8 Å². The van der Waals surface area contributed by atoms with Crippen LogP contribution in [0.2, 0.25) is 0 Å². The van der Waals surface area contributed by atoms with Crippen molar-refractivity contribution in [3.05, 3.63) is 29.3 Å². The quantitative estimate of drug-likeness (QED) is 0.747. The molecule has 1 aromatic carbocycles. The molecule has 0 unspecified atom stereocenters. The Hall–Kier alpha value is -1.02. The lowest BCUT2D eigenvalue weighted by Crippen LogP contribution is -2.14. The van der Waals surface area contributed by atoms with E-state index in [0.717, 1.165) is 38.0 Å². The van der Waals surface area contributed by atoms with Crippen LogP contribution < -0.4 is 4.74 Å². The molecule has 0 heterocycles. The zero-order valence-electron chi connectivity index (χ0n) is 12.8. The monoisotopic (exact) mass is 264 g/mol. The molecule has 0 spiro atoms. The van der Waals surface area contributed by atoms with Crippen LogP contribution in [-0.2, 0) is 5.41 Å². The number of hydrogen-bond acceptors (Lipinski definition) is 2. The summed E-state index contributed by atoms with van der Waals surface area (Å²) in [5.74, 6) is 1.02. The second-order valence-electron chi connectivity index (χ2n) is 6.24. The van der Waals surface area contributed by atoms with Gasteiger partial charge in [-0.25, -0.2) is 0 Å². The Balaban J connectivity index is 2.54. The van der Waals surface area contributed by atoms with Gasteiger partial charge < -0.3 is 9.84 Å². The molecule has 0 aliphatic heterocycles. The fraction of sp³-hybridized carbons (Fsp3) is 0.647. The zero-order valence-corrected chi connectivity index (χ0v) is 12.8. The molecule has 2 nitrogen and oxygen atoms in total. The molecule has 2 heteroatoms. The van der Waals surface area contributed by atoms with E-state index >= 15 is 0 Å². The third-order valence-corrected chi connectivity index (χ3v) is 3.26. The third-order valence-electron chi connectivity index (χ3n) is 3.26. The highest BCUT2D eigenvalue weighted by molar-refractivity contribution is 5.41. The SMILES string of the molecule is Cc1ccc(C(C)(C)C)c(OCCCCCCO)c1. The Kier molecular flexibility index (Phi) is 6.36. The molecule has 1 rings (SSSR count). The summed E-state index contributed by atoms with van der Waals surface area (Å²) in [6, 6.07) is 6.46. The largest absolute Gasteiger partial charge is 0.493 e. The number of benzene rings is 1. The fourth-order valence-corrected chi connectivity index (χ4v) is 2.12. The van der Waals surface area contributed by atoms with Crippen LogP contribution in [-0.4, -0.2) is 18.3 Å². The van der Waals surface area contributed by atoms with Crippen molar-refractivity contribution in [1.29, 1.82) is 0 Å². The minimum Gasteiger partial charge on any atom is -0.493 e. The van der Waals surface area contributed by atoms with Crippen LogP contribution in [0.25, 0.3) is 0 Å². The number of ether oxygens (including phenoxy) is 1. The van der Waals surface area contributed by atoms with E-state index in [9.17, 15) is 0 Å². The van der Waals surface area contributed by atoms with Gasteiger partial charge in [0.05, 0.1) is 6.61 Å². The summed E-state index contributed by atoms with van der Waals surface area (Å²) in [5.41, 5.74) is 2.62. The van der Waals surface area contributed by atoms with Gasteiger partial charge in [0.25, 0.3) is 0 Å². The maximum absolute atomic E-state index is 8.73. The lowest BCUT2D eigenvalue weighted by Gasteiger charge is -2.23. The maximum atomic E-state index is 8.73. The molecule has 0 aromatic heterocycles. The van der Waals surface area contributed by atoms with Crippen LogP contribution in [0.5, 0.6) is 5.75 Å². The van der Waals surface area contributed by atoms with Crippen molar-refractivity contribution in [3.8, 4) is 5.75 Å². The average Bonchev–Trinajstić information content (AvgIpc) is 2.32. The van der Waals surface area contributed by atoms with Crippen LogP contribution in [0.3, 0.4) is 0 Å². The van der Waals surface area contributed by atoms with Crippen LogP contribution >= 0.6 is 0 Å². The third kappa shape index (κ3) is 5.65. The van der Waals surface area contributed by atoms with Crippen molar-refractivity contribution >= 4 is 0 Å². The number of aliphatic hydroxyl groups is 1. The van der Waals surface area contributed by atoms with E-state index in [4.69, 9.17) is 9.84 Å². The van der Waals surface area contributed by atoms with Gasteiger partial charge >= 0.3 is 0 Å². The molecule has 0 radical (unpaired) electrons. The van der Waals surface area contributed by atoms with Crippen LogP contribution in [0.1, 0.15) is 57.6 Å². The molecule has 0 aliphatic carbocycles. The Morgan fingerprint density at radius 3 is 2.37 bits per heavy atom. The van der Waals surface area contributed by atoms with Gasteiger partial charge in [-0.15, -0.1) is 0 Å². The van der Waals surface area contributed by atoms with E-state index < -0.39 is 0 Å². The highest BCUT2D eigenvalue weighted by Gasteiger charge is 2.18. The lowest BCUT2D eigenvalue weighted by molar-refractivity contribution is 0.271. The van der Waals surface area contributed by atoms with Crippen molar-refractivity contribution in [2.24, 2.45) is 0 Å². The van der Waals surface area contributed by atoms with Crippen LogP contribution in [0.15, 0.2) is 18.2 Å². The summed E-state index contributed by atoms with van der Waals surface area (Å²) >= 11 is 0. The smallest absolute Gasteiger partial charge is 0.123 e. The topological polar surface area (TPSA) is 29.5 Å². The standard InChI is InChI=1S/C17H28O2/c1-14-9-10-15(17(2,3)4)16(13-14)19-12-8-6-5-7-11-18/h9-10,13,18H,5-8,11-12H2,1-4H3. The maximum Gasteiger partial charge on any atom is 0.123 e. The highest BCUT2D eigenvalue weighted by atomic mass is 16.5. The summed E-state index contributed by atoms with van der Waals surface area (Å²) in [7, 11) is 0. The minimum absolute atomic E-state index is 0.111. The molecule has 0 saturated carbocycles. The Labute approximate surface area is 117 Å². The van der Waals surface area contributed by atoms with Gasteiger partial charge in [-0.1, -0.05) is 39.3 Å². The Bertz CT molecular complexity index is 377. The number of aryl methyl sites for hydroxylation is 1. The first-order valence-corrected chi connectivity index (χ1v) is 7.30. The first-order valence-electron chi connectivity index (χ1n) is 7.30. The number of rotatable bonds is 7. The molecule has 108 valence electrons. The molecule has 0 aliphatic rings. The van der Waals surface area contributed by atoms with Gasteiger partial charge in [0.2, 0.25) is 0 Å². The summed E-state index contributed by atoms with van der Waals surface area (Å²) in [5, 5.41) is 8.73. The van der Waals surface area contributed by atoms with E-state index in [-0.39, 0.29) is 5.41 Å². The molecule has 1 aromatic rings. The number of aliphatic hydroxyl groups excluding tert-OH is 1. The van der Waals surface area contributed by atoms with Gasteiger partial charge in [0.1, 0.15) is 5.75 Å². The number of hydrogen-bond donors (Lipinski definition) is 1. The van der Waals surface area contributed by atoms with Gasteiger partial charge in [0.15, 0.2) is 0 Å². The van der Waals surface area contributed by atoms with Crippen molar-refractivity contribution < 1.29 is 9.84 Å². The predicted molar refractivity (Wildman–Crippen MR) is 80.9 cm³/mol. The Morgan fingerprint density at radius 2 is 1.74 bits per heavy atom. The van der Waals surface area contributed by atoms with Crippen molar-refractivity contribution in [2.45, 2.75) is 58.8 Å². The van der Waals surface area contributed by atoms with Crippen molar-refractivity contribution in [2.75, 3.05) is 13.2 Å². The fourth-order valence-electron chi connectivity index (χ4n) is 2.12. The molecule has 0 bridgehead atoms. The second kappa shape index (κ2) is 7.54. The molecular weight excluding hydrogens is 236 g/mol. The van der Waals surface area contributed by atoms with Crippen LogP contribution in [0, 0.1) is 6.92 Å². The second-order valence-corrected chi connectivity index (χ2v) is 6.24. The molecule has 0 saturated heterocycles. The molecule has 0 atom stereocenters. The normalized spacial score (nSPS) is 11.6. The molecule has 1 N–H and O–H groups in total. The first-order chi connectivity index (χ1) is 8.95. The zero-order chi connectivity index (χ0) is 14.3. The van der Waals surface area contributed by atoms with E-state index in [1.54, 1.807) is 0 Å². The van der Waals surface area contributed by atoms with Crippen molar-refractivity contribution in [1.82, 2.24) is 0 Å². The lowest BCUT2D eigenvalue weighted by atomic mass is 9.86. The highest BCUT2D eigenvalue weighted by Crippen LogP contribution is 2.32. The van der Waals surface area contributed by atoms with Crippen LogP contribution in [0.4, 0.5) is 0 Å². The van der Waals surface area contributed by atoms with E-state index in [1.807, 2.05) is 0 Å². The Morgan fingerprint density at radius 1 is 1.05 bits per heavy atom. The first kappa shape index (κ1) is 16.0. The summed E-state index contributed by atoms with van der Waals surface area (Å²) in [6.45, 7) is 9.80. The molecular formula is C17H28O2. The van der Waals surface area contributed by atoms with E-state index in [0.29, 0.717) is 6.61 Å². The van der Waals surface area contributed by atoms with E-state index in [2.05, 4.69) is 45.9 Å². The summed E-state index contributed by atoms with van der Waals surface area (Å²) in [4.78, 5) is 0. The van der Waals surface area contributed by atoms with Gasteiger partial charge in [-0.2, -0.15) is 0 Å². The van der Waals surface area contributed by atoms with E-state index in [1.165, 1.54) is 11.1 Å². The predicted octanol–water partition coefficient (Wildman–Crippen LogP) is 4.22. The minimum atomic E-state index is 0.111. The molecule has 0 amide bonds. The number of unbranched alkanes of at least 4 members (excludes halogenated alkanes) is 3. The molecule has 0 fully saturated rings. The van der Waals surface area contributed by atoms with Gasteiger partial charge in [-0.3, -0.25) is 0 Å². The summed E-state index contributed by atoms with van der Waals surface area (Å²) in [6.07, 6.45) is 4.16. The average molecular weight is 264 g/mol.